The molecule has 0 saturated carbocycles. The average Bonchev–Trinajstić information content (AvgIpc) is 2.70. The molecule has 0 fully saturated rings. The molecule has 2 heterocycles. The van der Waals surface area contributed by atoms with E-state index in [0.29, 0.717) is 13.8 Å². The summed E-state index contributed by atoms with van der Waals surface area (Å²) in [4.78, 5) is 16.6. The van der Waals surface area contributed by atoms with E-state index in [1.807, 2.05) is 11.2 Å². The molecule has 2 aromatic rings. The van der Waals surface area contributed by atoms with Crippen LogP contribution < -0.4 is 10.3 Å². The number of ether oxygens (including phenoxy) is 1. The second-order valence-corrected chi connectivity index (χ2v) is 7.71. The molecule has 2 N–H and O–H groups in total. The molecule has 1 atom stereocenters. The third-order valence-electron chi connectivity index (χ3n) is 4.44. The zero-order chi connectivity index (χ0) is 24.6. The van der Waals surface area contributed by atoms with E-state index < -0.39 is 47.3 Å². The number of aromatic amines is 1. The van der Waals surface area contributed by atoms with E-state index in [9.17, 15) is 27.5 Å². The molecule has 33 heavy (non-hydrogen) atoms. The minimum Gasteiger partial charge on any atom is -0.455 e. The van der Waals surface area contributed by atoms with Crippen molar-refractivity contribution in [1.82, 2.24) is 15.1 Å². The summed E-state index contributed by atoms with van der Waals surface area (Å²) in [6.07, 6.45) is -1.04. The summed E-state index contributed by atoms with van der Waals surface area (Å²) in [5.74, 6) is -7.71. The second kappa shape index (κ2) is 8.84. The molecule has 1 aromatic carbocycles. The Kier molecular flexibility index (Phi) is 6.49. The van der Waals surface area contributed by atoms with Gasteiger partial charge >= 0.3 is 0 Å². The highest BCUT2D eigenvalue weighted by molar-refractivity contribution is 6.30. The van der Waals surface area contributed by atoms with Crippen molar-refractivity contribution in [3.63, 3.8) is 0 Å². The van der Waals surface area contributed by atoms with Gasteiger partial charge in [0.05, 0.1) is 24.5 Å². The summed E-state index contributed by atoms with van der Waals surface area (Å²) in [6.45, 7) is 0.632. The summed E-state index contributed by atoms with van der Waals surface area (Å²) in [5, 5.41) is 25.1. The van der Waals surface area contributed by atoms with Gasteiger partial charge in [-0.25, -0.2) is 10.1 Å². The van der Waals surface area contributed by atoms with Crippen LogP contribution in [0.15, 0.2) is 45.5 Å². The van der Waals surface area contributed by atoms with Gasteiger partial charge in [-0.2, -0.15) is 27.9 Å². The first-order valence-electron chi connectivity index (χ1n) is 9.25. The van der Waals surface area contributed by atoms with Crippen molar-refractivity contribution < 1.29 is 27.4 Å². The predicted octanol–water partition coefficient (Wildman–Crippen LogP) is 3.51. The van der Waals surface area contributed by atoms with Crippen LogP contribution in [0.4, 0.5) is 17.6 Å². The quantitative estimate of drug-likeness (QED) is 0.605. The molecule has 0 bridgehead atoms. The summed E-state index contributed by atoms with van der Waals surface area (Å²) < 4.78 is 60.9. The van der Waals surface area contributed by atoms with E-state index in [1.54, 1.807) is 0 Å². The minimum absolute atomic E-state index is 0.0740. The zero-order valence-electron chi connectivity index (χ0n) is 17.1. The van der Waals surface area contributed by atoms with Crippen LogP contribution in [0.25, 0.3) is 0 Å². The fourth-order valence-electron chi connectivity index (χ4n) is 2.89. The Bertz CT molecular complexity index is 1230. The van der Waals surface area contributed by atoms with Crippen molar-refractivity contribution in [3.8, 4) is 11.8 Å². The fourth-order valence-corrected chi connectivity index (χ4v) is 3.11. The Labute approximate surface area is 189 Å². The molecule has 174 valence electrons. The first kappa shape index (κ1) is 24.2. The van der Waals surface area contributed by atoms with Crippen molar-refractivity contribution in [2.24, 2.45) is 4.99 Å². The van der Waals surface area contributed by atoms with E-state index >= 15 is 0 Å². The van der Waals surface area contributed by atoms with Gasteiger partial charge in [-0.15, -0.1) is 0 Å². The van der Waals surface area contributed by atoms with Crippen molar-refractivity contribution in [1.29, 1.82) is 5.26 Å². The molecule has 0 aliphatic carbocycles. The second-order valence-electron chi connectivity index (χ2n) is 7.28. The lowest BCUT2D eigenvalue weighted by Crippen LogP contribution is -2.42. The van der Waals surface area contributed by atoms with Crippen LogP contribution in [0.5, 0.6) is 5.75 Å². The Balaban J connectivity index is 1.98. The number of aromatic nitrogens is 2. The number of hydrogen-bond acceptors (Lipinski definition) is 7. The lowest BCUT2D eigenvalue weighted by atomic mass is 10.1. The first-order chi connectivity index (χ1) is 15.3. The van der Waals surface area contributed by atoms with Gasteiger partial charge in [0.15, 0.2) is 17.7 Å². The van der Waals surface area contributed by atoms with Crippen LogP contribution in [0.3, 0.4) is 0 Å². The van der Waals surface area contributed by atoms with Crippen LogP contribution >= 0.6 is 11.6 Å². The number of hydrogen-bond donors (Lipinski definition) is 2. The highest BCUT2D eigenvalue weighted by atomic mass is 35.5. The van der Waals surface area contributed by atoms with E-state index in [0.717, 1.165) is 17.3 Å². The Morgan fingerprint density at radius 2 is 1.94 bits per heavy atom. The molecule has 0 spiro atoms. The highest BCUT2D eigenvalue weighted by Gasteiger charge is 2.39. The molecule has 1 aromatic heterocycles. The van der Waals surface area contributed by atoms with E-state index in [4.69, 9.17) is 21.6 Å². The molecule has 8 nitrogen and oxygen atoms in total. The summed E-state index contributed by atoms with van der Waals surface area (Å²) in [6, 6.07) is 6.43. The smallest absolute Gasteiger partial charge is 0.290 e. The van der Waals surface area contributed by atoms with Crippen LogP contribution in [0, 0.1) is 11.3 Å². The van der Waals surface area contributed by atoms with Crippen molar-refractivity contribution >= 4 is 17.9 Å². The van der Waals surface area contributed by atoms with Gasteiger partial charge in [-0.1, -0.05) is 11.6 Å². The number of allylic oxidation sites excluding steroid dienone is 1. The number of alkyl halides is 4. The topological polar surface area (TPSA) is 115 Å². The molecular weight excluding hydrogens is 470 g/mol. The standard InChI is InChI=1S/C20H16ClF4N5O3/c1-19(22,23)14-5-11(17(31)29-28-14)8-30-9-27-16(20(2,24)25)15(18(30)32)33-13-4-10(7-26)3-12(21)6-13/h3-6,9,18,32H,8H2,1-2H3,(H,29,31). The van der Waals surface area contributed by atoms with Gasteiger partial charge in [-0.05, 0) is 24.3 Å². The van der Waals surface area contributed by atoms with Gasteiger partial charge in [0, 0.05) is 24.4 Å². The zero-order valence-corrected chi connectivity index (χ0v) is 17.9. The Morgan fingerprint density at radius 3 is 2.55 bits per heavy atom. The molecule has 13 heteroatoms. The van der Waals surface area contributed by atoms with Gasteiger partial charge in [0.2, 0.25) is 0 Å². The number of nitrogens with one attached hydrogen (secondary N) is 1. The molecule has 0 saturated heterocycles. The Morgan fingerprint density at radius 1 is 1.24 bits per heavy atom. The summed E-state index contributed by atoms with van der Waals surface area (Å²) in [5.41, 5.74) is -2.61. The summed E-state index contributed by atoms with van der Waals surface area (Å²) >= 11 is 5.91. The highest BCUT2D eigenvalue weighted by Crippen LogP contribution is 2.34. The molecular formula is C20H16ClF4N5O3. The van der Waals surface area contributed by atoms with Gasteiger partial charge in [0.25, 0.3) is 17.4 Å². The number of nitriles is 1. The molecule has 0 radical (unpaired) electrons. The maximum Gasteiger partial charge on any atom is 0.290 e. The molecule has 1 aliphatic heterocycles. The fraction of sp³-hybridized carbons (Fsp3) is 0.300. The molecule has 0 amide bonds. The number of aliphatic hydroxyl groups is 1. The SMILES string of the molecule is CC(F)(F)C1=C(Oc2cc(Cl)cc(C#N)c2)C(O)N(Cc2cc(C(C)(F)F)n[nH]c2=O)C=N1. The number of H-pyrrole nitrogens is 1. The molecule has 1 unspecified atom stereocenters. The minimum atomic E-state index is -3.54. The average molecular weight is 486 g/mol. The maximum atomic E-state index is 14.2. The van der Waals surface area contributed by atoms with Crippen molar-refractivity contribution in [2.75, 3.05) is 0 Å². The van der Waals surface area contributed by atoms with Gasteiger partial charge in [0.1, 0.15) is 11.4 Å². The number of halogens is 5. The number of benzene rings is 1. The lowest BCUT2D eigenvalue weighted by Gasteiger charge is -2.32. The normalized spacial score (nSPS) is 16.7. The Hall–Kier alpha value is -3.43. The predicted molar refractivity (Wildman–Crippen MR) is 109 cm³/mol. The van der Waals surface area contributed by atoms with Crippen LogP contribution in [0.2, 0.25) is 5.02 Å². The largest absolute Gasteiger partial charge is 0.455 e. The van der Waals surface area contributed by atoms with E-state index in [1.165, 1.54) is 18.2 Å². The van der Waals surface area contributed by atoms with Gasteiger partial charge < -0.3 is 14.7 Å². The van der Waals surface area contributed by atoms with Crippen LogP contribution in [-0.2, 0) is 12.5 Å². The number of rotatable bonds is 6. The van der Waals surface area contributed by atoms with E-state index in [-0.39, 0.29) is 21.9 Å². The number of aliphatic imine (C=N–C) groups is 1. The van der Waals surface area contributed by atoms with Crippen molar-refractivity contribution in [3.05, 3.63) is 67.9 Å². The number of aliphatic hydroxyl groups excluding tert-OH is 1. The third-order valence-corrected chi connectivity index (χ3v) is 4.66. The van der Waals surface area contributed by atoms with Crippen LogP contribution in [0.1, 0.15) is 30.7 Å². The molecule has 1 aliphatic rings. The van der Waals surface area contributed by atoms with Crippen LogP contribution in [-0.4, -0.2) is 38.7 Å². The molecule has 3 rings (SSSR count). The van der Waals surface area contributed by atoms with Crippen molar-refractivity contribution in [2.45, 2.75) is 38.5 Å². The maximum absolute atomic E-state index is 14.2. The van der Waals surface area contributed by atoms with Gasteiger partial charge in [-0.3, -0.25) is 4.79 Å². The third kappa shape index (κ3) is 5.50. The summed E-state index contributed by atoms with van der Waals surface area (Å²) in [7, 11) is 0. The van der Waals surface area contributed by atoms with E-state index in [2.05, 4.69) is 10.1 Å². The lowest BCUT2D eigenvalue weighted by molar-refractivity contribution is 0.0108. The first-order valence-corrected chi connectivity index (χ1v) is 9.63. The monoisotopic (exact) mass is 485 g/mol. The number of nitrogens with zero attached hydrogens (tertiary/aromatic N) is 4.